The molecule has 1 aliphatic rings. The van der Waals surface area contributed by atoms with Gasteiger partial charge in [-0.2, -0.15) is 0 Å². The van der Waals surface area contributed by atoms with E-state index in [-0.39, 0.29) is 0 Å². The molecule has 4 nitrogen and oxygen atoms in total. The van der Waals surface area contributed by atoms with Crippen molar-refractivity contribution in [1.29, 1.82) is 0 Å². The third kappa shape index (κ3) is 4.20. The molecule has 1 unspecified atom stereocenters. The van der Waals surface area contributed by atoms with Gasteiger partial charge in [0.05, 0.1) is 19.3 Å². The van der Waals surface area contributed by atoms with Crippen molar-refractivity contribution in [1.82, 2.24) is 4.90 Å². The SMILES string of the molecule is CCOc1ccccc1C(O)CN(CCOC)C1CC1. The number of methoxy groups -OCH3 is 1. The van der Waals surface area contributed by atoms with E-state index in [0.717, 1.165) is 17.9 Å². The summed E-state index contributed by atoms with van der Waals surface area (Å²) in [4.78, 5) is 2.32. The van der Waals surface area contributed by atoms with Crippen LogP contribution in [0.25, 0.3) is 0 Å². The summed E-state index contributed by atoms with van der Waals surface area (Å²) in [6.45, 7) is 4.78. The predicted octanol–water partition coefficient (Wildman–Crippen LogP) is 2.23. The minimum absolute atomic E-state index is 0.518. The van der Waals surface area contributed by atoms with Gasteiger partial charge in [0.2, 0.25) is 0 Å². The molecule has 0 aliphatic heterocycles. The fourth-order valence-electron chi connectivity index (χ4n) is 2.43. The normalized spacial score (nSPS) is 16.4. The quantitative estimate of drug-likeness (QED) is 0.752. The molecule has 1 aromatic rings. The highest BCUT2D eigenvalue weighted by Gasteiger charge is 2.30. The molecule has 1 saturated carbocycles. The second-order valence-electron chi connectivity index (χ2n) is 5.21. The summed E-state index contributed by atoms with van der Waals surface area (Å²) < 4.78 is 10.7. The lowest BCUT2D eigenvalue weighted by atomic mass is 10.1. The third-order valence-electron chi connectivity index (χ3n) is 3.63. The number of hydrogen-bond donors (Lipinski definition) is 1. The lowest BCUT2D eigenvalue weighted by Gasteiger charge is -2.25. The van der Waals surface area contributed by atoms with Gasteiger partial charge in [0.1, 0.15) is 5.75 Å². The van der Waals surface area contributed by atoms with Crippen LogP contribution >= 0.6 is 0 Å². The molecule has 1 aromatic carbocycles. The van der Waals surface area contributed by atoms with Crippen molar-refractivity contribution in [2.75, 3.05) is 33.4 Å². The van der Waals surface area contributed by atoms with Gasteiger partial charge in [-0.05, 0) is 25.8 Å². The van der Waals surface area contributed by atoms with E-state index in [2.05, 4.69) is 4.90 Å². The first-order valence-corrected chi connectivity index (χ1v) is 7.39. The van der Waals surface area contributed by atoms with Gasteiger partial charge >= 0.3 is 0 Å². The Morgan fingerprint density at radius 1 is 1.35 bits per heavy atom. The molecule has 0 saturated heterocycles. The summed E-state index contributed by atoms with van der Waals surface area (Å²) in [6, 6.07) is 8.34. The Bertz CT molecular complexity index is 406. The van der Waals surface area contributed by atoms with Gasteiger partial charge in [-0.25, -0.2) is 0 Å². The van der Waals surface area contributed by atoms with Crippen LogP contribution in [0.5, 0.6) is 5.75 Å². The number of nitrogens with zero attached hydrogens (tertiary/aromatic N) is 1. The summed E-state index contributed by atoms with van der Waals surface area (Å²) >= 11 is 0. The molecule has 4 heteroatoms. The standard InChI is InChI=1S/C16H25NO3/c1-3-20-16-7-5-4-6-14(16)15(18)12-17(10-11-19-2)13-8-9-13/h4-7,13,15,18H,3,8-12H2,1-2H3. The van der Waals surface area contributed by atoms with Crippen LogP contribution in [0.3, 0.4) is 0 Å². The van der Waals surface area contributed by atoms with Gasteiger partial charge in [0, 0.05) is 31.8 Å². The molecule has 112 valence electrons. The van der Waals surface area contributed by atoms with Crippen molar-refractivity contribution in [2.45, 2.75) is 31.9 Å². The number of para-hydroxylation sites is 1. The minimum Gasteiger partial charge on any atom is -0.493 e. The predicted molar refractivity (Wildman–Crippen MR) is 79.0 cm³/mol. The first kappa shape index (κ1) is 15.3. The molecule has 0 amide bonds. The van der Waals surface area contributed by atoms with E-state index in [4.69, 9.17) is 9.47 Å². The van der Waals surface area contributed by atoms with Gasteiger partial charge in [-0.15, -0.1) is 0 Å². The van der Waals surface area contributed by atoms with Crippen molar-refractivity contribution in [3.63, 3.8) is 0 Å². The van der Waals surface area contributed by atoms with E-state index >= 15 is 0 Å². The van der Waals surface area contributed by atoms with Crippen molar-refractivity contribution in [3.05, 3.63) is 29.8 Å². The lowest BCUT2D eigenvalue weighted by molar-refractivity contribution is 0.0828. The number of rotatable bonds is 9. The molecule has 0 aromatic heterocycles. The van der Waals surface area contributed by atoms with Gasteiger partial charge < -0.3 is 14.6 Å². The van der Waals surface area contributed by atoms with Gasteiger partial charge in [0.15, 0.2) is 0 Å². The minimum atomic E-state index is -0.518. The molecule has 1 atom stereocenters. The average molecular weight is 279 g/mol. The Morgan fingerprint density at radius 3 is 2.75 bits per heavy atom. The fraction of sp³-hybridized carbons (Fsp3) is 0.625. The monoisotopic (exact) mass is 279 g/mol. The molecular formula is C16H25NO3. The number of hydrogen-bond acceptors (Lipinski definition) is 4. The zero-order chi connectivity index (χ0) is 14.4. The van der Waals surface area contributed by atoms with Crippen LogP contribution < -0.4 is 4.74 Å². The molecule has 0 heterocycles. The van der Waals surface area contributed by atoms with Crippen molar-refractivity contribution >= 4 is 0 Å². The van der Waals surface area contributed by atoms with Crippen LogP contribution in [0.2, 0.25) is 0 Å². The molecule has 1 fully saturated rings. The summed E-state index contributed by atoms with van der Waals surface area (Å²) in [7, 11) is 1.71. The molecule has 20 heavy (non-hydrogen) atoms. The number of benzene rings is 1. The zero-order valence-electron chi connectivity index (χ0n) is 12.4. The summed E-state index contributed by atoms with van der Waals surface area (Å²) in [5.74, 6) is 0.782. The summed E-state index contributed by atoms with van der Waals surface area (Å²) in [5.41, 5.74) is 0.873. The van der Waals surface area contributed by atoms with Gasteiger partial charge in [-0.3, -0.25) is 4.90 Å². The number of aliphatic hydroxyl groups excluding tert-OH is 1. The van der Waals surface area contributed by atoms with Crippen LogP contribution in [-0.2, 0) is 4.74 Å². The van der Waals surface area contributed by atoms with Crippen LogP contribution in [-0.4, -0.2) is 49.5 Å². The highest BCUT2D eigenvalue weighted by atomic mass is 16.5. The topological polar surface area (TPSA) is 41.9 Å². The second kappa shape index (κ2) is 7.62. The highest BCUT2D eigenvalue weighted by molar-refractivity contribution is 5.35. The van der Waals surface area contributed by atoms with Crippen molar-refractivity contribution in [3.8, 4) is 5.75 Å². The van der Waals surface area contributed by atoms with Gasteiger partial charge in [-0.1, -0.05) is 18.2 Å². The van der Waals surface area contributed by atoms with E-state index < -0.39 is 6.10 Å². The molecule has 1 aliphatic carbocycles. The van der Waals surface area contributed by atoms with Crippen LogP contribution in [0.15, 0.2) is 24.3 Å². The van der Waals surface area contributed by atoms with Crippen LogP contribution in [0, 0.1) is 0 Å². The lowest BCUT2D eigenvalue weighted by Crippen LogP contribution is -2.33. The summed E-state index contributed by atoms with van der Waals surface area (Å²) in [6.07, 6.45) is 1.93. The van der Waals surface area contributed by atoms with E-state index in [1.54, 1.807) is 7.11 Å². The molecule has 1 N–H and O–H groups in total. The Hall–Kier alpha value is -1.10. The van der Waals surface area contributed by atoms with Crippen LogP contribution in [0.4, 0.5) is 0 Å². The smallest absolute Gasteiger partial charge is 0.125 e. The maximum atomic E-state index is 10.5. The number of ether oxygens (including phenoxy) is 2. The number of aliphatic hydroxyl groups is 1. The Kier molecular flexibility index (Phi) is 5.83. The maximum Gasteiger partial charge on any atom is 0.125 e. The van der Waals surface area contributed by atoms with E-state index in [1.165, 1.54) is 12.8 Å². The zero-order valence-corrected chi connectivity index (χ0v) is 12.4. The molecule has 0 radical (unpaired) electrons. The first-order valence-electron chi connectivity index (χ1n) is 7.39. The van der Waals surface area contributed by atoms with Crippen LogP contribution in [0.1, 0.15) is 31.4 Å². The Morgan fingerprint density at radius 2 is 2.10 bits per heavy atom. The second-order valence-corrected chi connectivity index (χ2v) is 5.21. The first-order chi connectivity index (χ1) is 9.76. The Balaban J connectivity index is 2.00. The average Bonchev–Trinajstić information content (AvgIpc) is 3.28. The van der Waals surface area contributed by atoms with Gasteiger partial charge in [0.25, 0.3) is 0 Å². The molecular weight excluding hydrogens is 254 g/mol. The van der Waals surface area contributed by atoms with Crippen molar-refractivity contribution < 1.29 is 14.6 Å². The third-order valence-corrected chi connectivity index (χ3v) is 3.63. The molecule has 0 bridgehead atoms. The van der Waals surface area contributed by atoms with E-state index in [0.29, 0.717) is 25.8 Å². The molecule has 0 spiro atoms. The van der Waals surface area contributed by atoms with E-state index in [1.807, 2.05) is 31.2 Å². The Labute approximate surface area is 121 Å². The molecule has 2 rings (SSSR count). The fourth-order valence-corrected chi connectivity index (χ4v) is 2.43. The highest BCUT2D eigenvalue weighted by Crippen LogP contribution is 2.31. The largest absolute Gasteiger partial charge is 0.493 e. The van der Waals surface area contributed by atoms with Crippen molar-refractivity contribution in [2.24, 2.45) is 0 Å². The maximum absolute atomic E-state index is 10.5. The summed E-state index contributed by atoms with van der Waals surface area (Å²) in [5, 5.41) is 10.5. The van der Waals surface area contributed by atoms with E-state index in [9.17, 15) is 5.11 Å².